The third-order valence-corrected chi connectivity index (χ3v) is 10.1. The highest BCUT2D eigenvalue weighted by Crippen LogP contribution is 2.69. The van der Waals surface area contributed by atoms with Crippen molar-refractivity contribution in [3.63, 3.8) is 0 Å². The van der Waals surface area contributed by atoms with E-state index in [4.69, 9.17) is 0 Å². The molecule has 5 nitrogen and oxygen atoms in total. The monoisotopic (exact) mass is 436 g/mol. The standard InChI is InChI=1S/C25H28N2O3S/c1-24(2)20-13-14-25(24)17-31(29,30)27(21(25)15-20)22(28)16-26-23(18-9-5-3-6-10-18)19-11-7-4-8-12-19/h3-12,20-21H,13-17H2,1-2H3/t20-,21+,25-/m1/s1. The van der Waals surface area contributed by atoms with E-state index in [0.717, 1.165) is 30.4 Å². The molecule has 2 aromatic carbocycles. The summed E-state index contributed by atoms with van der Waals surface area (Å²) in [5.41, 5.74) is 2.15. The highest BCUT2D eigenvalue weighted by Gasteiger charge is 2.72. The number of aliphatic imine (C=N–C) groups is 1. The van der Waals surface area contributed by atoms with E-state index >= 15 is 0 Å². The summed E-state index contributed by atoms with van der Waals surface area (Å²) in [6.45, 7) is 4.21. The Balaban J connectivity index is 1.47. The van der Waals surface area contributed by atoms with Crippen LogP contribution in [0.25, 0.3) is 0 Å². The lowest BCUT2D eigenvalue weighted by atomic mass is 9.69. The third kappa shape index (κ3) is 2.99. The molecule has 1 aliphatic heterocycles. The van der Waals surface area contributed by atoms with Gasteiger partial charge < -0.3 is 0 Å². The number of sulfonamides is 1. The molecule has 2 aliphatic carbocycles. The number of carbonyl (C=O) groups excluding carboxylic acids is 1. The van der Waals surface area contributed by atoms with E-state index in [-0.39, 0.29) is 29.2 Å². The van der Waals surface area contributed by atoms with Crippen molar-refractivity contribution < 1.29 is 13.2 Å². The zero-order chi connectivity index (χ0) is 21.9. The molecule has 1 heterocycles. The van der Waals surface area contributed by atoms with Crippen LogP contribution in [0, 0.1) is 16.7 Å². The molecule has 2 aromatic rings. The molecule has 31 heavy (non-hydrogen) atoms. The summed E-state index contributed by atoms with van der Waals surface area (Å²) < 4.78 is 27.5. The Morgan fingerprint density at radius 1 is 1.03 bits per heavy atom. The number of nitrogens with zero attached hydrogens (tertiary/aromatic N) is 2. The lowest BCUT2D eigenvalue weighted by molar-refractivity contribution is -0.127. The van der Waals surface area contributed by atoms with Crippen LogP contribution in [0.15, 0.2) is 65.7 Å². The van der Waals surface area contributed by atoms with Gasteiger partial charge in [-0.2, -0.15) is 0 Å². The summed E-state index contributed by atoms with van der Waals surface area (Å²) in [4.78, 5) is 17.9. The smallest absolute Gasteiger partial charge is 0.257 e. The second kappa shape index (κ2) is 7.02. The van der Waals surface area contributed by atoms with E-state index in [2.05, 4.69) is 18.8 Å². The SMILES string of the molecule is CC1(C)[C@@H]2CC[C@]13CS(=O)(=O)N(C(=O)CN=C(c1ccccc1)c1ccccc1)[C@H]3C2. The highest BCUT2D eigenvalue weighted by molar-refractivity contribution is 7.90. The fourth-order valence-corrected chi connectivity index (χ4v) is 8.92. The first-order valence-corrected chi connectivity index (χ1v) is 12.6. The van der Waals surface area contributed by atoms with Crippen molar-refractivity contribution in [1.29, 1.82) is 0 Å². The summed E-state index contributed by atoms with van der Waals surface area (Å²) in [6, 6.07) is 19.2. The van der Waals surface area contributed by atoms with Crippen LogP contribution in [0.3, 0.4) is 0 Å². The zero-order valence-electron chi connectivity index (χ0n) is 18.0. The number of rotatable bonds is 4. The molecule has 3 fully saturated rings. The highest BCUT2D eigenvalue weighted by atomic mass is 32.2. The van der Waals surface area contributed by atoms with Crippen molar-refractivity contribution in [2.75, 3.05) is 12.3 Å². The van der Waals surface area contributed by atoms with Gasteiger partial charge in [-0.1, -0.05) is 74.5 Å². The first-order chi connectivity index (χ1) is 14.8. The van der Waals surface area contributed by atoms with Crippen molar-refractivity contribution in [3.8, 4) is 0 Å². The van der Waals surface area contributed by atoms with Gasteiger partial charge in [0.05, 0.1) is 17.5 Å². The number of fused-ring (bicyclic) bond motifs is 1. The number of hydrogen-bond acceptors (Lipinski definition) is 4. The molecule has 2 bridgehead atoms. The first kappa shape index (κ1) is 20.4. The molecule has 6 heteroatoms. The van der Waals surface area contributed by atoms with Crippen molar-refractivity contribution in [2.24, 2.45) is 21.7 Å². The Bertz CT molecular complexity index is 1100. The Morgan fingerprint density at radius 2 is 1.61 bits per heavy atom. The van der Waals surface area contributed by atoms with Crippen molar-refractivity contribution >= 4 is 21.6 Å². The molecule has 2 saturated carbocycles. The third-order valence-electron chi connectivity index (χ3n) is 8.12. The number of carbonyl (C=O) groups is 1. The van der Waals surface area contributed by atoms with Gasteiger partial charge in [-0.15, -0.1) is 0 Å². The van der Waals surface area contributed by atoms with Crippen LogP contribution in [-0.4, -0.2) is 42.7 Å². The van der Waals surface area contributed by atoms with Gasteiger partial charge in [-0.25, -0.2) is 12.7 Å². The van der Waals surface area contributed by atoms with Gasteiger partial charge >= 0.3 is 0 Å². The number of benzene rings is 2. The maximum absolute atomic E-state index is 13.3. The Morgan fingerprint density at radius 3 is 2.16 bits per heavy atom. The van der Waals surface area contributed by atoms with E-state index in [1.165, 1.54) is 4.31 Å². The Hall–Kier alpha value is -2.47. The summed E-state index contributed by atoms with van der Waals surface area (Å²) in [7, 11) is -3.62. The van der Waals surface area contributed by atoms with Crippen LogP contribution in [-0.2, 0) is 14.8 Å². The lowest BCUT2D eigenvalue weighted by Crippen LogP contribution is -2.45. The van der Waals surface area contributed by atoms with Crippen LogP contribution in [0.1, 0.15) is 44.2 Å². The van der Waals surface area contributed by atoms with Gasteiger partial charge in [0, 0.05) is 16.5 Å². The molecule has 3 atom stereocenters. The molecular formula is C25H28N2O3S. The van der Waals surface area contributed by atoms with Crippen LogP contribution in [0.5, 0.6) is 0 Å². The second-order valence-corrected chi connectivity index (χ2v) is 11.6. The van der Waals surface area contributed by atoms with E-state index in [9.17, 15) is 13.2 Å². The van der Waals surface area contributed by atoms with Crippen LogP contribution in [0.2, 0.25) is 0 Å². The largest absolute Gasteiger partial charge is 0.274 e. The predicted molar refractivity (Wildman–Crippen MR) is 121 cm³/mol. The Kier molecular flexibility index (Phi) is 4.63. The quantitative estimate of drug-likeness (QED) is 0.683. The molecule has 1 spiro atoms. The molecule has 1 saturated heterocycles. The van der Waals surface area contributed by atoms with Crippen LogP contribution >= 0.6 is 0 Å². The summed E-state index contributed by atoms with van der Waals surface area (Å²) in [6.07, 6.45) is 2.73. The van der Waals surface area contributed by atoms with Gasteiger partial charge in [0.1, 0.15) is 6.54 Å². The average molecular weight is 437 g/mol. The van der Waals surface area contributed by atoms with Gasteiger partial charge in [-0.05, 0) is 30.6 Å². The van der Waals surface area contributed by atoms with Crippen LogP contribution < -0.4 is 0 Å². The second-order valence-electron chi connectivity index (χ2n) is 9.71. The Labute approximate surface area is 184 Å². The molecule has 3 aliphatic rings. The number of hydrogen-bond donors (Lipinski definition) is 0. The summed E-state index contributed by atoms with van der Waals surface area (Å²) in [5.74, 6) is 0.166. The minimum absolute atomic E-state index is 0.0533. The molecule has 0 N–H and O–H groups in total. The van der Waals surface area contributed by atoms with Gasteiger partial charge in [0.15, 0.2) is 0 Å². The minimum atomic E-state index is -3.62. The molecule has 162 valence electrons. The van der Waals surface area contributed by atoms with Crippen molar-refractivity contribution in [2.45, 2.75) is 39.2 Å². The molecular weight excluding hydrogens is 408 g/mol. The molecule has 0 aromatic heterocycles. The van der Waals surface area contributed by atoms with Gasteiger partial charge in [-0.3, -0.25) is 9.79 Å². The van der Waals surface area contributed by atoms with E-state index in [0.29, 0.717) is 11.6 Å². The molecule has 0 unspecified atom stereocenters. The number of amides is 1. The maximum atomic E-state index is 13.3. The average Bonchev–Trinajstić information content (AvgIpc) is 3.23. The van der Waals surface area contributed by atoms with Gasteiger partial charge in [0.25, 0.3) is 5.91 Å². The minimum Gasteiger partial charge on any atom is -0.274 e. The zero-order valence-corrected chi connectivity index (χ0v) is 18.8. The van der Waals surface area contributed by atoms with Crippen molar-refractivity contribution in [1.82, 2.24) is 4.31 Å². The molecule has 1 amide bonds. The van der Waals surface area contributed by atoms with Gasteiger partial charge in [0.2, 0.25) is 10.0 Å². The first-order valence-electron chi connectivity index (χ1n) is 11.0. The topological polar surface area (TPSA) is 66.8 Å². The predicted octanol–water partition coefficient (Wildman–Crippen LogP) is 3.89. The summed E-state index contributed by atoms with van der Waals surface area (Å²) >= 11 is 0. The maximum Gasteiger partial charge on any atom is 0.257 e. The molecule has 5 rings (SSSR count). The van der Waals surface area contributed by atoms with E-state index in [1.54, 1.807) is 0 Å². The van der Waals surface area contributed by atoms with Crippen molar-refractivity contribution in [3.05, 3.63) is 71.8 Å². The summed E-state index contributed by atoms with van der Waals surface area (Å²) in [5, 5.41) is 0. The van der Waals surface area contributed by atoms with Crippen LogP contribution in [0.4, 0.5) is 0 Å². The van der Waals surface area contributed by atoms with E-state index < -0.39 is 15.9 Å². The fraction of sp³-hybridized carbons (Fsp3) is 0.440. The lowest BCUT2D eigenvalue weighted by Gasteiger charge is -2.37. The fourth-order valence-electron chi connectivity index (χ4n) is 6.37. The molecule has 0 radical (unpaired) electrons. The van der Waals surface area contributed by atoms with E-state index in [1.807, 2.05) is 60.7 Å². The normalized spacial score (nSPS) is 29.5.